The molecule has 7 heteroatoms. The molecule has 14 heavy (non-hydrogen) atoms. The van der Waals surface area contributed by atoms with Crippen molar-refractivity contribution >= 4 is 15.9 Å². The molecule has 0 aromatic carbocycles. The van der Waals surface area contributed by atoms with Crippen LogP contribution in [-0.4, -0.2) is 41.2 Å². The molecule has 80 valence electrons. The van der Waals surface area contributed by atoms with Gasteiger partial charge in [-0.05, 0) is 5.53 Å². The summed E-state index contributed by atoms with van der Waals surface area (Å²) in [6.07, 6.45) is 0.640. The summed E-state index contributed by atoms with van der Waals surface area (Å²) in [6.45, 7) is 1.78. The summed E-state index contributed by atoms with van der Waals surface area (Å²) in [6, 6.07) is 0.0257. The van der Waals surface area contributed by atoms with E-state index in [0.717, 1.165) is 19.5 Å². The fraction of sp³-hybridized carbons (Fsp3) is 1.00. The average molecular weight is 328 g/mol. The second-order valence-corrected chi connectivity index (χ2v) is 4.88. The number of quaternary nitrogens is 1. The molecule has 2 N–H and O–H groups in total. The van der Waals surface area contributed by atoms with E-state index in [4.69, 9.17) is 5.53 Å². The van der Waals surface area contributed by atoms with Crippen LogP contribution in [0.3, 0.4) is 0 Å². The van der Waals surface area contributed by atoms with E-state index in [9.17, 15) is 5.11 Å². The number of nitrogens with one attached hydrogen (secondary N) is 1. The summed E-state index contributed by atoms with van der Waals surface area (Å²) in [5.74, 6) is 0. The molecule has 0 spiro atoms. The number of hydrogen-bond acceptors (Lipinski definition) is 2. The molecule has 1 unspecified atom stereocenters. The standard InChI is InChI=1S/C7H11BrN4O.BrH/c8-4-1-2-12-3-5(13)6(7(4)12)10-11-9;/h4-7,13H,1-3H2;1H/t4-,5+,6-,7+;/m0./s1. The van der Waals surface area contributed by atoms with E-state index in [0.29, 0.717) is 4.83 Å². The first-order chi connectivity index (χ1) is 6.24. The molecule has 2 aliphatic heterocycles. The number of nitrogens with zero attached hydrogens (tertiary/aromatic N) is 3. The van der Waals surface area contributed by atoms with E-state index in [1.165, 1.54) is 4.90 Å². The summed E-state index contributed by atoms with van der Waals surface area (Å²) in [7, 11) is 0. The SMILES string of the molecule is [Br-].[N-]=[N+]=N[C@@H]1[C@H]2[C@@H](Br)CC[NH+]2C[C@H]1O. The largest absolute Gasteiger partial charge is 1.00 e. The van der Waals surface area contributed by atoms with Crippen molar-refractivity contribution in [2.24, 2.45) is 5.11 Å². The molecule has 2 heterocycles. The number of hydrogen-bond donors (Lipinski definition) is 2. The molecular formula is C7H12Br2N4O. The lowest BCUT2D eigenvalue weighted by Gasteiger charge is -2.15. The number of fused-ring (bicyclic) bond motifs is 1. The van der Waals surface area contributed by atoms with Gasteiger partial charge in [0.1, 0.15) is 24.7 Å². The van der Waals surface area contributed by atoms with Gasteiger partial charge in [0.05, 0.1) is 11.4 Å². The monoisotopic (exact) mass is 326 g/mol. The van der Waals surface area contributed by atoms with Gasteiger partial charge in [0.25, 0.3) is 0 Å². The first-order valence-corrected chi connectivity index (χ1v) is 5.36. The van der Waals surface area contributed by atoms with Gasteiger partial charge in [-0.25, -0.2) is 0 Å². The smallest absolute Gasteiger partial charge is 0.122 e. The Morgan fingerprint density at radius 3 is 2.93 bits per heavy atom. The number of azide groups is 1. The molecule has 0 aromatic rings. The van der Waals surface area contributed by atoms with Gasteiger partial charge >= 0.3 is 0 Å². The molecule has 2 rings (SSSR count). The van der Waals surface area contributed by atoms with Crippen LogP contribution in [0.1, 0.15) is 6.42 Å². The zero-order chi connectivity index (χ0) is 9.42. The van der Waals surface area contributed by atoms with Crippen molar-refractivity contribution in [3.8, 4) is 0 Å². The number of alkyl halides is 1. The van der Waals surface area contributed by atoms with Crippen LogP contribution in [0.15, 0.2) is 5.11 Å². The minimum atomic E-state index is -0.462. The Kier molecular flexibility index (Phi) is 4.21. The first-order valence-electron chi connectivity index (χ1n) is 4.45. The van der Waals surface area contributed by atoms with E-state index in [2.05, 4.69) is 26.0 Å². The predicted octanol–water partition coefficient (Wildman–Crippen LogP) is -3.54. The Balaban J connectivity index is 0.000000980. The van der Waals surface area contributed by atoms with Crippen LogP contribution in [0.5, 0.6) is 0 Å². The molecule has 2 aliphatic rings. The van der Waals surface area contributed by atoms with E-state index in [-0.39, 0.29) is 29.1 Å². The quantitative estimate of drug-likeness (QED) is 0.223. The summed E-state index contributed by atoms with van der Waals surface area (Å²) in [5, 5.41) is 13.3. The summed E-state index contributed by atoms with van der Waals surface area (Å²) < 4.78 is 0. The summed E-state index contributed by atoms with van der Waals surface area (Å²) in [4.78, 5) is 4.55. The van der Waals surface area contributed by atoms with Crippen molar-refractivity contribution in [3.05, 3.63) is 10.4 Å². The third-order valence-electron chi connectivity index (χ3n) is 3.02. The Morgan fingerprint density at radius 1 is 1.57 bits per heavy atom. The number of halogens is 2. The van der Waals surface area contributed by atoms with Crippen LogP contribution in [-0.2, 0) is 0 Å². The molecule has 2 fully saturated rings. The minimum Gasteiger partial charge on any atom is -1.00 e. The van der Waals surface area contributed by atoms with Gasteiger partial charge in [-0.3, -0.25) is 0 Å². The molecule has 0 aliphatic carbocycles. The Bertz CT molecular complexity index is 258. The Labute approximate surface area is 101 Å². The second kappa shape index (κ2) is 4.81. The average Bonchev–Trinajstić information content (AvgIpc) is 2.57. The molecule has 0 amide bonds. The molecule has 0 radical (unpaired) electrons. The van der Waals surface area contributed by atoms with Crippen LogP contribution in [0.2, 0.25) is 0 Å². The zero-order valence-electron chi connectivity index (χ0n) is 7.48. The fourth-order valence-corrected chi connectivity index (χ4v) is 3.37. The van der Waals surface area contributed by atoms with E-state index in [1.807, 2.05) is 0 Å². The normalized spacial score (nSPS) is 45.1. The number of aliphatic hydroxyl groups is 1. The lowest BCUT2D eigenvalue weighted by atomic mass is 10.1. The van der Waals surface area contributed by atoms with Crippen LogP contribution in [0.25, 0.3) is 10.4 Å². The molecule has 0 aromatic heterocycles. The first kappa shape index (κ1) is 12.3. The predicted molar refractivity (Wildman–Crippen MR) is 50.8 cm³/mol. The van der Waals surface area contributed by atoms with Gasteiger partial charge in [-0.1, -0.05) is 21.0 Å². The van der Waals surface area contributed by atoms with Gasteiger partial charge in [0.2, 0.25) is 0 Å². The summed E-state index contributed by atoms with van der Waals surface area (Å²) in [5.41, 5.74) is 8.37. The highest BCUT2D eigenvalue weighted by molar-refractivity contribution is 9.09. The van der Waals surface area contributed by atoms with Gasteiger partial charge in [-0.15, -0.1) is 0 Å². The Morgan fingerprint density at radius 2 is 2.29 bits per heavy atom. The summed E-state index contributed by atoms with van der Waals surface area (Å²) >= 11 is 3.57. The van der Waals surface area contributed by atoms with Crippen molar-refractivity contribution in [1.82, 2.24) is 0 Å². The van der Waals surface area contributed by atoms with Gasteiger partial charge < -0.3 is 27.0 Å². The van der Waals surface area contributed by atoms with Crippen molar-refractivity contribution in [1.29, 1.82) is 0 Å². The van der Waals surface area contributed by atoms with Crippen molar-refractivity contribution < 1.29 is 27.0 Å². The van der Waals surface area contributed by atoms with Crippen LogP contribution in [0.4, 0.5) is 0 Å². The molecule has 5 atom stereocenters. The molecule has 0 bridgehead atoms. The van der Waals surface area contributed by atoms with Crippen LogP contribution < -0.4 is 21.9 Å². The highest BCUT2D eigenvalue weighted by Crippen LogP contribution is 2.22. The minimum absolute atomic E-state index is 0. The Hall–Kier alpha value is 0.190. The number of aliphatic hydroxyl groups excluding tert-OH is 1. The second-order valence-electron chi connectivity index (χ2n) is 3.71. The maximum Gasteiger partial charge on any atom is 0.122 e. The molecular weight excluding hydrogens is 316 g/mol. The third-order valence-corrected chi connectivity index (χ3v) is 4.05. The van der Waals surface area contributed by atoms with Crippen LogP contribution in [0, 0.1) is 0 Å². The molecule has 5 nitrogen and oxygen atoms in total. The zero-order valence-corrected chi connectivity index (χ0v) is 10.6. The van der Waals surface area contributed by atoms with Crippen molar-refractivity contribution in [2.45, 2.75) is 29.4 Å². The van der Waals surface area contributed by atoms with E-state index < -0.39 is 6.10 Å². The van der Waals surface area contributed by atoms with Gasteiger partial charge in [0.15, 0.2) is 0 Å². The molecule has 0 saturated carbocycles. The fourth-order valence-electron chi connectivity index (χ4n) is 2.46. The number of rotatable bonds is 1. The van der Waals surface area contributed by atoms with Gasteiger partial charge in [-0.2, -0.15) is 0 Å². The van der Waals surface area contributed by atoms with E-state index in [1.54, 1.807) is 0 Å². The molecule has 2 saturated heterocycles. The van der Waals surface area contributed by atoms with Crippen LogP contribution >= 0.6 is 15.9 Å². The van der Waals surface area contributed by atoms with Crippen molar-refractivity contribution in [2.75, 3.05) is 13.1 Å². The van der Waals surface area contributed by atoms with Crippen molar-refractivity contribution in [3.63, 3.8) is 0 Å². The highest BCUT2D eigenvalue weighted by atomic mass is 79.9. The maximum absolute atomic E-state index is 9.64. The topological polar surface area (TPSA) is 73.4 Å². The maximum atomic E-state index is 9.64. The third kappa shape index (κ3) is 1.92. The van der Waals surface area contributed by atoms with E-state index >= 15 is 0 Å². The highest BCUT2D eigenvalue weighted by Gasteiger charge is 2.51. The lowest BCUT2D eigenvalue weighted by molar-refractivity contribution is -0.899. The van der Waals surface area contributed by atoms with Gasteiger partial charge in [0, 0.05) is 11.3 Å². The lowest BCUT2D eigenvalue weighted by Crippen LogP contribution is -3.12.